The summed E-state index contributed by atoms with van der Waals surface area (Å²) in [6.07, 6.45) is 7.03. The highest BCUT2D eigenvalue weighted by Crippen LogP contribution is 2.47. The maximum atomic E-state index is 12.4. The van der Waals surface area contributed by atoms with Gasteiger partial charge in [0.1, 0.15) is 0 Å². The van der Waals surface area contributed by atoms with Crippen molar-refractivity contribution in [3.8, 4) is 0 Å². The van der Waals surface area contributed by atoms with E-state index in [2.05, 4.69) is 17.1 Å². The molecular weight excluding hydrogens is 352 g/mol. The standard InChI is InChI=1S/C22H30N4O2/c1-2-23-21(25-15-12-22(16-25)10-7-11-22)24-13-5-6-14-26-19(27)17-8-3-4-9-18(17)20(26)28/h3-4,8-9H,2,5-7,10-16H2,1H3,(H,23,24). The minimum atomic E-state index is -0.166. The molecule has 0 atom stereocenters. The highest BCUT2D eigenvalue weighted by Gasteiger charge is 2.43. The number of guanidine groups is 1. The quantitative estimate of drug-likeness (QED) is 0.356. The summed E-state index contributed by atoms with van der Waals surface area (Å²) in [6, 6.07) is 7.06. The lowest BCUT2D eigenvalue weighted by molar-refractivity contribution is 0.0652. The molecule has 1 saturated carbocycles. The number of nitrogens with zero attached hydrogens (tertiary/aromatic N) is 3. The van der Waals surface area contributed by atoms with Crippen LogP contribution in [0.25, 0.3) is 0 Å². The number of amides is 2. The van der Waals surface area contributed by atoms with Gasteiger partial charge in [0.2, 0.25) is 0 Å². The van der Waals surface area contributed by atoms with Crippen LogP contribution in [0.2, 0.25) is 0 Å². The van der Waals surface area contributed by atoms with Crippen LogP contribution in [0, 0.1) is 5.41 Å². The largest absolute Gasteiger partial charge is 0.357 e. The molecule has 28 heavy (non-hydrogen) atoms. The van der Waals surface area contributed by atoms with Crippen molar-refractivity contribution in [3.05, 3.63) is 35.4 Å². The molecule has 150 valence electrons. The predicted molar refractivity (Wildman–Crippen MR) is 109 cm³/mol. The molecule has 1 aromatic carbocycles. The van der Waals surface area contributed by atoms with Crippen molar-refractivity contribution in [2.24, 2.45) is 10.4 Å². The van der Waals surface area contributed by atoms with E-state index >= 15 is 0 Å². The van der Waals surface area contributed by atoms with Gasteiger partial charge in [0, 0.05) is 32.7 Å². The van der Waals surface area contributed by atoms with Gasteiger partial charge in [-0.1, -0.05) is 18.6 Å². The first-order valence-corrected chi connectivity index (χ1v) is 10.6. The number of aliphatic imine (C=N–C) groups is 1. The Labute approximate surface area is 167 Å². The third-order valence-electron chi connectivity index (χ3n) is 6.42. The lowest BCUT2D eigenvalue weighted by Gasteiger charge is -2.38. The SMILES string of the molecule is CCNC(=NCCCCN1C(=O)c2ccccc2C1=O)N1CCC2(CCC2)C1. The molecule has 1 spiro atoms. The fraction of sp³-hybridized carbons (Fsp3) is 0.591. The summed E-state index contributed by atoms with van der Waals surface area (Å²) in [5.74, 6) is 0.688. The van der Waals surface area contributed by atoms with Gasteiger partial charge < -0.3 is 10.2 Å². The Morgan fingerprint density at radius 3 is 2.39 bits per heavy atom. The summed E-state index contributed by atoms with van der Waals surface area (Å²) in [6.45, 7) is 6.39. The van der Waals surface area contributed by atoms with E-state index in [9.17, 15) is 9.59 Å². The van der Waals surface area contributed by atoms with E-state index < -0.39 is 0 Å². The van der Waals surface area contributed by atoms with Crippen molar-refractivity contribution in [3.63, 3.8) is 0 Å². The number of hydrogen-bond donors (Lipinski definition) is 1. The van der Waals surface area contributed by atoms with E-state index in [0.29, 0.717) is 23.1 Å². The Kier molecular flexibility index (Phi) is 5.38. The molecule has 1 aromatic rings. The van der Waals surface area contributed by atoms with E-state index in [4.69, 9.17) is 4.99 Å². The Hall–Kier alpha value is -2.37. The van der Waals surface area contributed by atoms with E-state index in [1.807, 2.05) is 0 Å². The monoisotopic (exact) mass is 382 g/mol. The van der Waals surface area contributed by atoms with Gasteiger partial charge in [-0.05, 0) is 56.6 Å². The van der Waals surface area contributed by atoms with Crippen LogP contribution in [0.5, 0.6) is 0 Å². The van der Waals surface area contributed by atoms with Gasteiger partial charge in [0.05, 0.1) is 11.1 Å². The lowest BCUT2D eigenvalue weighted by Crippen LogP contribution is -2.42. The molecule has 0 radical (unpaired) electrons. The third-order valence-corrected chi connectivity index (χ3v) is 6.42. The van der Waals surface area contributed by atoms with Gasteiger partial charge in [0.15, 0.2) is 5.96 Å². The topological polar surface area (TPSA) is 65.0 Å². The van der Waals surface area contributed by atoms with Crippen LogP contribution in [0.3, 0.4) is 0 Å². The van der Waals surface area contributed by atoms with E-state index in [0.717, 1.165) is 45.0 Å². The van der Waals surface area contributed by atoms with E-state index in [1.54, 1.807) is 24.3 Å². The maximum Gasteiger partial charge on any atom is 0.261 e. The lowest BCUT2D eigenvalue weighted by atomic mass is 9.68. The van der Waals surface area contributed by atoms with Crippen molar-refractivity contribution in [2.75, 3.05) is 32.7 Å². The Balaban J connectivity index is 1.26. The molecule has 1 aliphatic carbocycles. The zero-order valence-corrected chi connectivity index (χ0v) is 16.7. The molecule has 1 N–H and O–H groups in total. The molecule has 2 aliphatic heterocycles. The molecule has 3 aliphatic rings. The van der Waals surface area contributed by atoms with Crippen molar-refractivity contribution >= 4 is 17.8 Å². The minimum absolute atomic E-state index is 0.166. The molecule has 6 heteroatoms. The van der Waals surface area contributed by atoms with Crippen molar-refractivity contribution in [2.45, 2.75) is 45.4 Å². The van der Waals surface area contributed by atoms with Crippen LogP contribution < -0.4 is 5.32 Å². The minimum Gasteiger partial charge on any atom is -0.357 e. The first-order valence-electron chi connectivity index (χ1n) is 10.6. The van der Waals surface area contributed by atoms with Crippen molar-refractivity contribution in [1.29, 1.82) is 0 Å². The van der Waals surface area contributed by atoms with Crippen LogP contribution in [0.4, 0.5) is 0 Å². The second-order valence-electron chi connectivity index (χ2n) is 8.28. The number of fused-ring (bicyclic) bond motifs is 1. The van der Waals surface area contributed by atoms with Crippen LogP contribution in [0.1, 0.15) is 66.2 Å². The van der Waals surface area contributed by atoms with Crippen molar-refractivity contribution < 1.29 is 9.59 Å². The smallest absolute Gasteiger partial charge is 0.261 e. The predicted octanol–water partition coefficient (Wildman–Crippen LogP) is 2.90. The molecule has 2 heterocycles. The fourth-order valence-corrected chi connectivity index (χ4v) is 4.64. The first kappa shape index (κ1) is 19.0. The van der Waals surface area contributed by atoms with Crippen LogP contribution in [-0.2, 0) is 0 Å². The molecule has 6 nitrogen and oxygen atoms in total. The second kappa shape index (κ2) is 7.94. The van der Waals surface area contributed by atoms with Crippen molar-refractivity contribution in [1.82, 2.24) is 15.1 Å². The third kappa shape index (κ3) is 3.52. The molecule has 0 bridgehead atoms. The Bertz CT molecular complexity index is 749. The number of likely N-dealkylation sites (tertiary alicyclic amines) is 1. The number of hydrogen-bond acceptors (Lipinski definition) is 3. The zero-order chi connectivity index (χ0) is 19.6. The number of rotatable bonds is 6. The highest BCUT2D eigenvalue weighted by atomic mass is 16.2. The summed E-state index contributed by atoms with van der Waals surface area (Å²) in [5.41, 5.74) is 1.61. The van der Waals surface area contributed by atoms with Gasteiger partial charge in [-0.3, -0.25) is 19.5 Å². The molecule has 0 aromatic heterocycles. The summed E-state index contributed by atoms with van der Waals surface area (Å²) in [4.78, 5) is 33.4. The summed E-state index contributed by atoms with van der Waals surface area (Å²) in [7, 11) is 0. The molecule has 2 fully saturated rings. The van der Waals surface area contributed by atoms with E-state index in [-0.39, 0.29) is 11.8 Å². The summed E-state index contributed by atoms with van der Waals surface area (Å²) >= 11 is 0. The number of nitrogens with one attached hydrogen (secondary N) is 1. The number of imide groups is 1. The zero-order valence-electron chi connectivity index (χ0n) is 16.7. The average Bonchev–Trinajstić information content (AvgIpc) is 3.23. The molecule has 1 saturated heterocycles. The Morgan fingerprint density at radius 1 is 1.11 bits per heavy atom. The molecular formula is C22H30N4O2. The number of carbonyl (C=O) groups excluding carboxylic acids is 2. The van der Waals surface area contributed by atoms with Gasteiger partial charge in [-0.2, -0.15) is 0 Å². The first-order chi connectivity index (χ1) is 13.6. The number of carbonyl (C=O) groups is 2. The van der Waals surface area contributed by atoms with Gasteiger partial charge in [-0.25, -0.2) is 0 Å². The van der Waals surface area contributed by atoms with Gasteiger partial charge >= 0.3 is 0 Å². The summed E-state index contributed by atoms with van der Waals surface area (Å²) in [5, 5.41) is 3.43. The maximum absolute atomic E-state index is 12.4. The molecule has 2 amide bonds. The van der Waals surface area contributed by atoms with Crippen LogP contribution in [0.15, 0.2) is 29.3 Å². The molecule has 4 rings (SSSR count). The van der Waals surface area contributed by atoms with Crippen LogP contribution in [-0.4, -0.2) is 60.3 Å². The average molecular weight is 383 g/mol. The number of unbranched alkanes of at least 4 members (excludes halogenated alkanes) is 1. The second-order valence-corrected chi connectivity index (χ2v) is 8.28. The fourth-order valence-electron chi connectivity index (χ4n) is 4.64. The van der Waals surface area contributed by atoms with E-state index in [1.165, 1.54) is 30.6 Å². The van der Waals surface area contributed by atoms with Crippen LogP contribution >= 0.6 is 0 Å². The normalized spacial score (nSPS) is 20.7. The van der Waals surface area contributed by atoms with Gasteiger partial charge in [0.25, 0.3) is 11.8 Å². The molecule has 0 unspecified atom stereocenters. The Morgan fingerprint density at radius 2 is 1.82 bits per heavy atom. The summed E-state index contributed by atoms with van der Waals surface area (Å²) < 4.78 is 0. The van der Waals surface area contributed by atoms with Gasteiger partial charge in [-0.15, -0.1) is 0 Å². The highest BCUT2D eigenvalue weighted by molar-refractivity contribution is 6.21. The number of benzene rings is 1.